The Morgan fingerprint density at radius 1 is 1.40 bits per heavy atom. The van der Waals surface area contributed by atoms with E-state index in [2.05, 4.69) is 56.3 Å². The fraction of sp³-hybridized carbons (Fsp3) is 0.800. The van der Waals surface area contributed by atoms with Gasteiger partial charge in [0.2, 0.25) is 0 Å². The lowest BCUT2D eigenvalue weighted by Crippen LogP contribution is -2.35. The molecule has 0 spiro atoms. The Kier molecular flexibility index (Phi) is 6.89. The molecule has 1 N–H and O–H groups in total. The van der Waals surface area contributed by atoms with Gasteiger partial charge in [0.25, 0.3) is 0 Å². The van der Waals surface area contributed by atoms with Crippen LogP contribution in [0.15, 0.2) is 0 Å². The van der Waals surface area contributed by atoms with Crippen LogP contribution in [0.5, 0.6) is 0 Å². The Bertz CT molecular complexity index is 414. The second-order valence-corrected chi connectivity index (χ2v) is 6.59. The third kappa shape index (κ3) is 4.16. The Balaban J connectivity index is 3.02. The first-order chi connectivity index (χ1) is 9.42. The van der Waals surface area contributed by atoms with Gasteiger partial charge in [-0.2, -0.15) is 16.9 Å². The summed E-state index contributed by atoms with van der Waals surface area (Å²) >= 11 is 1.91. The molecule has 0 aliphatic heterocycles. The van der Waals surface area contributed by atoms with Crippen molar-refractivity contribution in [1.29, 1.82) is 0 Å². The van der Waals surface area contributed by atoms with Crippen LogP contribution in [0.3, 0.4) is 0 Å². The van der Waals surface area contributed by atoms with Crippen molar-refractivity contribution in [2.45, 2.75) is 52.7 Å². The molecule has 1 aromatic rings. The van der Waals surface area contributed by atoms with Crippen LogP contribution < -0.4 is 10.2 Å². The van der Waals surface area contributed by atoms with Gasteiger partial charge in [0.1, 0.15) is 5.82 Å². The third-order valence-corrected chi connectivity index (χ3v) is 4.43. The average Bonchev–Trinajstić information content (AvgIpc) is 2.67. The SMILES string of the molecule is CCC(CSC)N(C)c1c(CNC(C)C)c(C)nn1C. The topological polar surface area (TPSA) is 33.1 Å². The molecule has 0 amide bonds. The number of aromatic nitrogens is 2. The maximum absolute atomic E-state index is 4.62. The fourth-order valence-electron chi connectivity index (χ4n) is 2.51. The number of thioether (sulfide) groups is 1. The first-order valence-electron chi connectivity index (χ1n) is 7.39. The number of nitrogens with zero attached hydrogens (tertiary/aromatic N) is 3. The molecule has 0 saturated carbocycles. The molecule has 1 heterocycles. The molecule has 0 fully saturated rings. The van der Waals surface area contributed by atoms with Gasteiger partial charge in [0.05, 0.1) is 5.69 Å². The maximum atomic E-state index is 4.62. The van der Waals surface area contributed by atoms with Gasteiger partial charge in [-0.1, -0.05) is 20.8 Å². The van der Waals surface area contributed by atoms with Crippen LogP contribution in [0, 0.1) is 6.92 Å². The highest BCUT2D eigenvalue weighted by atomic mass is 32.2. The summed E-state index contributed by atoms with van der Waals surface area (Å²) in [7, 11) is 4.24. The van der Waals surface area contributed by atoms with Gasteiger partial charge in [-0.25, -0.2) is 0 Å². The molecule has 0 aromatic carbocycles. The molecular weight excluding hydrogens is 268 g/mol. The van der Waals surface area contributed by atoms with Gasteiger partial charge in [-0.15, -0.1) is 0 Å². The van der Waals surface area contributed by atoms with Crippen LogP contribution in [0.25, 0.3) is 0 Å². The number of rotatable bonds is 8. The van der Waals surface area contributed by atoms with E-state index in [9.17, 15) is 0 Å². The molecule has 116 valence electrons. The minimum Gasteiger partial charge on any atom is -0.356 e. The van der Waals surface area contributed by atoms with Crippen LogP contribution in [0.4, 0.5) is 5.82 Å². The molecular formula is C15H30N4S. The standard InChI is InChI=1S/C15H30N4S/c1-8-13(10-20-7)18(5)15-14(9-16-11(2)3)12(4)17-19(15)6/h11,13,16H,8-10H2,1-7H3. The Morgan fingerprint density at radius 2 is 2.05 bits per heavy atom. The summed E-state index contributed by atoms with van der Waals surface area (Å²) in [6, 6.07) is 1.04. The first-order valence-corrected chi connectivity index (χ1v) is 8.79. The van der Waals surface area contributed by atoms with Gasteiger partial charge in [-0.3, -0.25) is 4.68 Å². The number of hydrogen-bond acceptors (Lipinski definition) is 4. The highest BCUT2D eigenvalue weighted by Gasteiger charge is 2.21. The van der Waals surface area contributed by atoms with Crippen molar-refractivity contribution < 1.29 is 0 Å². The molecule has 1 atom stereocenters. The van der Waals surface area contributed by atoms with Gasteiger partial charge in [0, 0.05) is 44.0 Å². The van der Waals surface area contributed by atoms with E-state index in [1.807, 2.05) is 23.5 Å². The molecule has 1 aromatic heterocycles. The molecule has 0 radical (unpaired) electrons. The highest BCUT2D eigenvalue weighted by Crippen LogP contribution is 2.25. The van der Waals surface area contributed by atoms with E-state index >= 15 is 0 Å². The van der Waals surface area contributed by atoms with Gasteiger partial charge < -0.3 is 10.2 Å². The van der Waals surface area contributed by atoms with E-state index in [-0.39, 0.29) is 0 Å². The summed E-state index contributed by atoms with van der Waals surface area (Å²) in [6.45, 7) is 9.60. The van der Waals surface area contributed by atoms with Crippen molar-refractivity contribution in [2.75, 3.05) is 24.0 Å². The summed E-state index contributed by atoms with van der Waals surface area (Å²) in [5, 5.41) is 8.13. The monoisotopic (exact) mass is 298 g/mol. The summed E-state index contributed by atoms with van der Waals surface area (Å²) in [6.07, 6.45) is 3.32. The molecule has 0 aliphatic carbocycles. The largest absolute Gasteiger partial charge is 0.356 e. The van der Waals surface area contributed by atoms with Crippen molar-refractivity contribution in [3.63, 3.8) is 0 Å². The number of aryl methyl sites for hydroxylation is 2. The molecule has 0 saturated heterocycles. The normalized spacial score (nSPS) is 13.0. The maximum Gasteiger partial charge on any atom is 0.131 e. The quantitative estimate of drug-likeness (QED) is 0.800. The number of anilines is 1. The summed E-state index contributed by atoms with van der Waals surface area (Å²) in [5.74, 6) is 2.39. The zero-order chi connectivity index (χ0) is 15.3. The van der Waals surface area contributed by atoms with Crippen LogP contribution >= 0.6 is 11.8 Å². The smallest absolute Gasteiger partial charge is 0.131 e. The highest BCUT2D eigenvalue weighted by molar-refractivity contribution is 7.98. The minimum absolute atomic E-state index is 0.487. The van der Waals surface area contributed by atoms with Gasteiger partial charge in [0.15, 0.2) is 0 Å². The lowest BCUT2D eigenvalue weighted by Gasteiger charge is -2.30. The van der Waals surface area contributed by atoms with Crippen LogP contribution in [0.1, 0.15) is 38.4 Å². The van der Waals surface area contributed by atoms with Gasteiger partial charge >= 0.3 is 0 Å². The second-order valence-electron chi connectivity index (χ2n) is 5.68. The number of hydrogen-bond donors (Lipinski definition) is 1. The summed E-state index contributed by atoms with van der Waals surface area (Å²) in [4.78, 5) is 2.40. The van der Waals surface area contributed by atoms with Crippen LogP contribution in [-0.4, -0.2) is 40.9 Å². The van der Waals surface area contributed by atoms with Crippen LogP contribution in [0.2, 0.25) is 0 Å². The zero-order valence-corrected chi connectivity index (χ0v) is 14.8. The van der Waals surface area contributed by atoms with E-state index in [0.29, 0.717) is 12.1 Å². The predicted molar refractivity (Wildman–Crippen MR) is 90.8 cm³/mol. The molecule has 0 bridgehead atoms. The summed E-state index contributed by atoms with van der Waals surface area (Å²) in [5.41, 5.74) is 2.45. The zero-order valence-electron chi connectivity index (χ0n) is 14.0. The molecule has 1 unspecified atom stereocenters. The van der Waals surface area contributed by atoms with E-state index in [1.165, 1.54) is 11.4 Å². The Labute approximate surface area is 128 Å². The molecule has 4 nitrogen and oxygen atoms in total. The molecule has 1 rings (SSSR count). The third-order valence-electron chi connectivity index (χ3n) is 3.71. The van der Waals surface area contributed by atoms with E-state index in [1.54, 1.807) is 0 Å². The van der Waals surface area contributed by atoms with Gasteiger partial charge in [-0.05, 0) is 19.6 Å². The summed E-state index contributed by atoms with van der Waals surface area (Å²) < 4.78 is 2.02. The van der Waals surface area contributed by atoms with Crippen molar-refractivity contribution in [3.8, 4) is 0 Å². The van der Waals surface area contributed by atoms with Crippen molar-refractivity contribution in [3.05, 3.63) is 11.3 Å². The van der Waals surface area contributed by atoms with E-state index in [0.717, 1.165) is 24.4 Å². The average molecular weight is 298 g/mol. The Hall–Kier alpha value is -0.680. The van der Waals surface area contributed by atoms with E-state index < -0.39 is 0 Å². The van der Waals surface area contributed by atoms with Crippen LogP contribution in [-0.2, 0) is 13.6 Å². The molecule has 0 aliphatic rings. The Morgan fingerprint density at radius 3 is 2.55 bits per heavy atom. The van der Waals surface area contributed by atoms with Crippen molar-refractivity contribution >= 4 is 17.6 Å². The molecule has 20 heavy (non-hydrogen) atoms. The fourth-order valence-corrected chi connectivity index (χ4v) is 3.36. The van der Waals surface area contributed by atoms with Crippen molar-refractivity contribution in [2.24, 2.45) is 7.05 Å². The lowest BCUT2D eigenvalue weighted by atomic mass is 10.1. The first kappa shape index (κ1) is 17.4. The number of nitrogens with one attached hydrogen (secondary N) is 1. The molecule has 5 heteroatoms. The minimum atomic E-state index is 0.487. The van der Waals surface area contributed by atoms with E-state index in [4.69, 9.17) is 0 Å². The predicted octanol–water partition coefficient (Wildman–Crippen LogP) is 2.80. The lowest BCUT2D eigenvalue weighted by molar-refractivity contribution is 0.582. The second kappa shape index (κ2) is 7.93. The van der Waals surface area contributed by atoms with Crippen molar-refractivity contribution in [1.82, 2.24) is 15.1 Å².